The highest BCUT2D eigenvalue weighted by molar-refractivity contribution is 6.69. The van der Waals surface area contributed by atoms with E-state index in [0.29, 0.717) is 11.8 Å². The average molecular weight is 818 g/mol. The first-order valence-electron chi connectivity index (χ1n) is 21.5. The van der Waals surface area contributed by atoms with E-state index in [1.807, 2.05) is 32.0 Å². The molecule has 0 amide bonds. The van der Waals surface area contributed by atoms with Crippen LogP contribution in [0.5, 0.6) is 0 Å². The summed E-state index contributed by atoms with van der Waals surface area (Å²) < 4.78 is 15.9. The van der Waals surface area contributed by atoms with Gasteiger partial charge in [0, 0.05) is 36.6 Å². The van der Waals surface area contributed by atoms with E-state index in [1.54, 1.807) is 0 Å². The SMILES string of the molecule is CCOC1(O[Si](C)(C)C)CC1.Cl.OC(CC1c2ccccc2-c2cncn21)C1CCN(C2CC2)CC1.OC(CC1c2ccccc2-c2cncn21)C1CCNCC1. The number of hydrogen-bond donors (Lipinski definition) is 3. The molecule has 0 bridgehead atoms. The first-order chi connectivity index (χ1) is 27.1. The van der Waals surface area contributed by atoms with Gasteiger partial charge in [-0.05, 0) is 127 Å². The number of halogens is 1. The van der Waals surface area contributed by atoms with Crippen LogP contribution < -0.4 is 5.32 Å². The predicted octanol–water partition coefficient (Wildman–Crippen LogP) is 8.07. The lowest BCUT2D eigenvalue weighted by atomic mass is 9.86. The van der Waals surface area contributed by atoms with Gasteiger partial charge in [0.15, 0.2) is 14.1 Å². The minimum atomic E-state index is -1.39. The third kappa shape index (κ3) is 9.79. The molecule has 10 rings (SSSR count). The molecule has 4 unspecified atom stereocenters. The van der Waals surface area contributed by atoms with Crippen molar-refractivity contribution in [3.63, 3.8) is 0 Å². The summed E-state index contributed by atoms with van der Waals surface area (Å²) in [6, 6.07) is 18.4. The van der Waals surface area contributed by atoms with Gasteiger partial charge in [-0.3, -0.25) is 0 Å². The summed E-state index contributed by atoms with van der Waals surface area (Å²) in [5, 5.41) is 24.9. The van der Waals surface area contributed by atoms with Gasteiger partial charge in [-0.15, -0.1) is 12.4 Å². The molecule has 4 aliphatic heterocycles. The Hall–Kier alpha value is -2.87. The molecule has 2 aromatic heterocycles. The number of hydrogen-bond acceptors (Lipinski definition) is 8. The van der Waals surface area contributed by atoms with Crippen molar-refractivity contribution in [2.75, 3.05) is 32.8 Å². The van der Waals surface area contributed by atoms with Crippen LogP contribution in [-0.4, -0.2) is 99.4 Å². The van der Waals surface area contributed by atoms with E-state index in [-0.39, 0.29) is 42.5 Å². The van der Waals surface area contributed by atoms with Crippen LogP contribution in [0.4, 0.5) is 0 Å². The van der Waals surface area contributed by atoms with E-state index in [2.05, 4.69) is 97.5 Å². The number of rotatable bonds is 11. The summed E-state index contributed by atoms with van der Waals surface area (Å²) in [4.78, 5) is 11.2. The summed E-state index contributed by atoms with van der Waals surface area (Å²) in [6.45, 7) is 13.8. The molecule has 2 aliphatic carbocycles. The van der Waals surface area contributed by atoms with Crippen molar-refractivity contribution in [2.24, 2.45) is 11.8 Å². The van der Waals surface area contributed by atoms with E-state index < -0.39 is 8.32 Å². The van der Waals surface area contributed by atoms with Gasteiger partial charge >= 0.3 is 0 Å². The standard InChI is InChI=1S/C20H25N3O.C17H21N3O.C8H18O2Si.ClH/c24-20(14-7-9-22(10-8-14)15-5-6-15)11-18-16-3-1-2-4-17(16)19-12-21-13-23(18)19;21-17(12-5-7-18-8-6-12)9-15-13-3-1-2-4-14(13)16-10-19-11-20(15)16;1-5-9-8(6-7-8)10-11(2,3)4;/h1-4,12-15,18,20,24H,5-11H2;1-4,10-12,15,17-18,21H,5-9H2;5-7H2,1-4H3;1H. The topological polar surface area (TPSA) is 110 Å². The quantitative estimate of drug-likeness (QED) is 0.103. The van der Waals surface area contributed by atoms with Crippen LogP contribution in [0.3, 0.4) is 0 Å². The van der Waals surface area contributed by atoms with Gasteiger partial charge in [0.2, 0.25) is 0 Å². The lowest BCUT2D eigenvalue weighted by Crippen LogP contribution is -2.39. The number of aliphatic hydroxyl groups excluding tert-OH is 2. The summed E-state index contributed by atoms with van der Waals surface area (Å²) in [5.74, 6) is 0.713. The van der Waals surface area contributed by atoms with Crippen LogP contribution >= 0.6 is 12.4 Å². The van der Waals surface area contributed by atoms with Gasteiger partial charge in [0.25, 0.3) is 0 Å². The smallest absolute Gasteiger partial charge is 0.187 e. The molecule has 10 nitrogen and oxygen atoms in total. The first-order valence-corrected chi connectivity index (χ1v) is 24.9. The molecular formula is C45H65ClN6O4Si. The first kappa shape index (κ1) is 42.3. The molecule has 6 aliphatic rings. The maximum Gasteiger partial charge on any atom is 0.187 e. The fourth-order valence-corrected chi connectivity index (χ4v) is 11.1. The zero-order chi connectivity index (χ0) is 38.9. The second-order valence-corrected chi connectivity index (χ2v) is 22.4. The van der Waals surface area contributed by atoms with Gasteiger partial charge in [0.05, 0.1) is 60.7 Å². The largest absolute Gasteiger partial charge is 0.393 e. The number of imidazole rings is 2. The molecule has 2 saturated heterocycles. The van der Waals surface area contributed by atoms with E-state index in [9.17, 15) is 10.2 Å². The van der Waals surface area contributed by atoms with Crippen molar-refractivity contribution in [3.8, 4) is 22.5 Å². The molecule has 6 heterocycles. The van der Waals surface area contributed by atoms with Crippen LogP contribution in [-0.2, 0) is 9.16 Å². The minimum Gasteiger partial charge on any atom is -0.393 e. The molecule has 4 fully saturated rings. The van der Waals surface area contributed by atoms with Crippen molar-refractivity contribution in [3.05, 3.63) is 84.7 Å². The molecule has 4 atom stereocenters. The number of likely N-dealkylation sites (tertiary alicyclic amines) is 1. The van der Waals surface area contributed by atoms with Gasteiger partial charge in [0.1, 0.15) is 0 Å². The molecule has 2 saturated carbocycles. The molecule has 2 aromatic carbocycles. The monoisotopic (exact) mass is 816 g/mol. The molecule has 12 heteroatoms. The Labute approximate surface area is 346 Å². The second-order valence-electron chi connectivity index (χ2n) is 17.9. The molecule has 4 aromatic rings. The van der Waals surface area contributed by atoms with Crippen LogP contribution in [0.2, 0.25) is 19.6 Å². The summed E-state index contributed by atoms with van der Waals surface area (Å²) in [6.07, 6.45) is 18.2. The van der Waals surface area contributed by atoms with Crippen molar-refractivity contribution < 1.29 is 19.4 Å². The highest BCUT2D eigenvalue weighted by Gasteiger charge is 2.48. The third-order valence-corrected chi connectivity index (χ3v) is 13.8. The Morgan fingerprint density at radius 2 is 1.25 bits per heavy atom. The van der Waals surface area contributed by atoms with E-state index >= 15 is 0 Å². The van der Waals surface area contributed by atoms with Crippen molar-refractivity contribution in [2.45, 2.75) is 127 Å². The molecule has 0 radical (unpaired) electrons. The zero-order valence-corrected chi connectivity index (χ0v) is 36.2. The van der Waals surface area contributed by atoms with Crippen LogP contribution in [0.1, 0.15) is 94.3 Å². The Kier molecular flexibility index (Phi) is 13.5. The fraction of sp³-hybridized carbons (Fsp3) is 0.600. The molecule has 310 valence electrons. The normalized spacial score (nSPS) is 23.3. The molecule has 0 spiro atoms. The number of nitrogens with zero attached hydrogens (tertiary/aromatic N) is 5. The van der Waals surface area contributed by atoms with Gasteiger partial charge in [-0.25, -0.2) is 9.97 Å². The second kappa shape index (κ2) is 18.2. The maximum absolute atomic E-state index is 10.9. The molecular weight excluding hydrogens is 752 g/mol. The third-order valence-electron chi connectivity index (χ3n) is 12.8. The van der Waals surface area contributed by atoms with E-state index in [4.69, 9.17) is 9.16 Å². The average Bonchev–Trinajstić information content (AvgIpc) is 3.99. The van der Waals surface area contributed by atoms with Crippen LogP contribution in [0.15, 0.2) is 73.6 Å². The zero-order valence-electron chi connectivity index (χ0n) is 34.4. The number of aliphatic hydroxyl groups is 2. The Balaban J connectivity index is 0.000000138. The summed E-state index contributed by atoms with van der Waals surface area (Å²) >= 11 is 0. The Morgan fingerprint density at radius 1 is 0.754 bits per heavy atom. The van der Waals surface area contributed by atoms with E-state index in [0.717, 1.165) is 77.1 Å². The van der Waals surface area contributed by atoms with Crippen LogP contribution in [0.25, 0.3) is 22.5 Å². The van der Waals surface area contributed by atoms with Crippen molar-refractivity contribution in [1.29, 1.82) is 0 Å². The fourth-order valence-electron chi connectivity index (χ4n) is 9.73. The Morgan fingerprint density at radius 3 is 1.70 bits per heavy atom. The lowest BCUT2D eigenvalue weighted by Gasteiger charge is -2.35. The van der Waals surface area contributed by atoms with Crippen LogP contribution in [0, 0.1) is 11.8 Å². The summed E-state index contributed by atoms with van der Waals surface area (Å²) in [7, 11) is -1.39. The number of aromatic nitrogens is 4. The highest BCUT2D eigenvalue weighted by Crippen LogP contribution is 2.45. The number of benzene rings is 2. The summed E-state index contributed by atoms with van der Waals surface area (Å²) in [5.41, 5.74) is 7.56. The van der Waals surface area contributed by atoms with Gasteiger partial charge < -0.3 is 38.7 Å². The van der Waals surface area contributed by atoms with Gasteiger partial charge in [-0.2, -0.15) is 0 Å². The van der Waals surface area contributed by atoms with Gasteiger partial charge in [-0.1, -0.05) is 48.5 Å². The number of piperidine rings is 2. The number of nitrogens with one attached hydrogen (secondary N) is 1. The molecule has 3 N–H and O–H groups in total. The van der Waals surface area contributed by atoms with E-state index in [1.165, 1.54) is 59.6 Å². The maximum atomic E-state index is 10.9. The van der Waals surface area contributed by atoms with Crippen molar-refractivity contribution in [1.82, 2.24) is 29.3 Å². The minimum absolute atomic E-state index is 0. The Bertz CT molecular complexity index is 1890. The predicted molar refractivity (Wildman–Crippen MR) is 231 cm³/mol. The van der Waals surface area contributed by atoms with Crippen molar-refractivity contribution >= 4 is 20.7 Å². The molecule has 57 heavy (non-hydrogen) atoms. The lowest BCUT2D eigenvalue weighted by molar-refractivity contribution is -0.106. The number of fused-ring (bicyclic) bond motifs is 6. The highest BCUT2D eigenvalue weighted by atomic mass is 35.5. The number of ether oxygens (including phenoxy) is 1.